The average Bonchev–Trinajstić information content (AvgIpc) is 2.26. The van der Waals surface area contributed by atoms with E-state index in [1.54, 1.807) is 6.92 Å². The lowest BCUT2D eigenvalue weighted by Crippen LogP contribution is -2.11. The monoisotopic (exact) mass is 245 g/mol. The van der Waals surface area contributed by atoms with Crippen molar-refractivity contribution in [2.75, 3.05) is 12.3 Å². The number of carbonyl (C=O) groups is 1. The molecule has 0 aliphatic carbocycles. The summed E-state index contributed by atoms with van der Waals surface area (Å²) in [6, 6.07) is 5.71. The van der Waals surface area contributed by atoms with Crippen LogP contribution in [0.25, 0.3) is 0 Å². The largest absolute Gasteiger partial charge is 0.456 e. The van der Waals surface area contributed by atoms with Gasteiger partial charge in [0.25, 0.3) is 0 Å². The van der Waals surface area contributed by atoms with Gasteiger partial charge < -0.3 is 10.5 Å². The normalized spacial score (nSPS) is 10.4. The van der Waals surface area contributed by atoms with Crippen LogP contribution in [0.4, 0.5) is 5.69 Å². The first-order valence-corrected chi connectivity index (χ1v) is 5.93. The molecule has 0 bridgehead atoms. The zero-order chi connectivity index (χ0) is 13.8. The second-order valence-electron chi connectivity index (χ2n) is 5.02. The average molecular weight is 245 g/mol. The summed E-state index contributed by atoms with van der Waals surface area (Å²) >= 11 is 0. The molecule has 0 heterocycles. The molecule has 0 saturated carbocycles. The SMILES string of the molecule is CCOC(=O)C#Cc1cc(C(C)(C)C)ccc1N. The first kappa shape index (κ1) is 14.1. The molecule has 18 heavy (non-hydrogen) atoms. The van der Waals surface area contributed by atoms with Crippen molar-refractivity contribution in [3.05, 3.63) is 29.3 Å². The predicted molar refractivity (Wildman–Crippen MR) is 73.1 cm³/mol. The highest BCUT2D eigenvalue weighted by Crippen LogP contribution is 2.25. The number of nitrogen functional groups attached to an aromatic ring is 1. The van der Waals surface area contributed by atoms with Gasteiger partial charge in [-0.25, -0.2) is 4.79 Å². The lowest BCUT2D eigenvalue weighted by molar-refractivity contribution is -0.136. The smallest absolute Gasteiger partial charge is 0.384 e. The summed E-state index contributed by atoms with van der Waals surface area (Å²) in [7, 11) is 0. The van der Waals surface area contributed by atoms with Gasteiger partial charge in [-0.1, -0.05) is 32.8 Å². The van der Waals surface area contributed by atoms with E-state index >= 15 is 0 Å². The number of nitrogens with two attached hydrogens (primary N) is 1. The molecule has 0 amide bonds. The molecule has 0 unspecified atom stereocenters. The Morgan fingerprint density at radius 1 is 1.39 bits per heavy atom. The standard InChI is InChI=1S/C15H19NO2/c1-5-18-14(17)9-6-11-10-12(15(2,3)4)7-8-13(11)16/h7-8,10H,5,16H2,1-4H3. The van der Waals surface area contributed by atoms with E-state index in [0.29, 0.717) is 17.9 Å². The molecule has 0 radical (unpaired) electrons. The van der Waals surface area contributed by atoms with Gasteiger partial charge in [-0.05, 0) is 30.0 Å². The quantitative estimate of drug-likeness (QED) is 0.470. The number of hydrogen-bond acceptors (Lipinski definition) is 3. The molecule has 96 valence electrons. The van der Waals surface area contributed by atoms with Gasteiger partial charge >= 0.3 is 5.97 Å². The maximum absolute atomic E-state index is 11.2. The van der Waals surface area contributed by atoms with Crippen LogP contribution in [0.1, 0.15) is 38.8 Å². The van der Waals surface area contributed by atoms with Crippen LogP contribution < -0.4 is 5.73 Å². The Balaban J connectivity index is 3.06. The lowest BCUT2D eigenvalue weighted by Gasteiger charge is -2.19. The van der Waals surface area contributed by atoms with Crippen LogP contribution in [-0.2, 0) is 14.9 Å². The van der Waals surface area contributed by atoms with Crippen LogP contribution >= 0.6 is 0 Å². The van der Waals surface area contributed by atoms with Crippen LogP contribution in [0.15, 0.2) is 18.2 Å². The molecule has 0 aliphatic heterocycles. The summed E-state index contributed by atoms with van der Waals surface area (Å²) < 4.78 is 4.75. The van der Waals surface area contributed by atoms with Crippen LogP contribution in [0.2, 0.25) is 0 Å². The maximum atomic E-state index is 11.2. The Bertz CT molecular complexity index is 501. The molecule has 1 rings (SSSR count). The number of carbonyl (C=O) groups excluding carboxylic acids is 1. The van der Waals surface area contributed by atoms with Crippen molar-refractivity contribution >= 4 is 11.7 Å². The minimum absolute atomic E-state index is 0.0219. The number of hydrogen-bond donors (Lipinski definition) is 1. The minimum atomic E-state index is -0.530. The predicted octanol–water partition coefficient (Wildman–Crippen LogP) is 2.48. The Labute approximate surface area is 108 Å². The Morgan fingerprint density at radius 2 is 2.06 bits per heavy atom. The van der Waals surface area contributed by atoms with Crippen molar-refractivity contribution in [3.63, 3.8) is 0 Å². The zero-order valence-corrected chi connectivity index (χ0v) is 11.3. The molecule has 0 aliphatic rings. The number of anilines is 1. The van der Waals surface area contributed by atoms with Crippen molar-refractivity contribution in [1.29, 1.82) is 0 Å². The second kappa shape index (κ2) is 5.59. The first-order chi connectivity index (χ1) is 8.34. The van der Waals surface area contributed by atoms with E-state index in [4.69, 9.17) is 10.5 Å². The topological polar surface area (TPSA) is 52.3 Å². The van der Waals surface area contributed by atoms with E-state index in [0.717, 1.165) is 5.56 Å². The Morgan fingerprint density at radius 3 is 2.61 bits per heavy atom. The molecule has 0 aromatic heterocycles. The Kier molecular flexibility index (Phi) is 4.38. The van der Waals surface area contributed by atoms with Crippen LogP contribution in [0, 0.1) is 11.8 Å². The fourth-order valence-corrected chi connectivity index (χ4v) is 1.42. The number of esters is 1. The van der Waals surface area contributed by atoms with Gasteiger partial charge in [0.15, 0.2) is 0 Å². The molecule has 0 fully saturated rings. The molecule has 0 spiro atoms. The summed E-state index contributed by atoms with van der Waals surface area (Å²) in [5.74, 6) is 4.66. The van der Waals surface area contributed by atoms with Crippen molar-refractivity contribution in [2.45, 2.75) is 33.1 Å². The van der Waals surface area contributed by atoms with Gasteiger partial charge in [0.2, 0.25) is 0 Å². The molecule has 0 saturated heterocycles. The fourth-order valence-electron chi connectivity index (χ4n) is 1.42. The van der Waals surface area contributed by atoms with E-state index in [-0.39, 0.29) is 5.41 Å². The van der Waals surface area contributed by atoms with Crippen LogP contribution in [0.5, 0.6) is 0 Å². The van der Waals surface area contributed by atoms with E-state index in [1.807, 2.05) is 18.2 Å². The first-order valence-electron chi connectivity index (χ1n) is 5.93. The summed E-state index contributed by atoms with van der Waals surface area (Å²) in [6.45, 7) is 8.41. The third-order valence-electron chi connectivity index (χ3n) is 2.49. The summed E-state index contributed by atoms with van der Waals surface area (Å²) in [5, 5.41) is 0. The number of rotatable bonds is 1. The van der Waals surface area contributed by atoms with Gasteiger partial charge in [0.1, 0.15) is 0 Å². The lowest BCUT2D eigenvalue weighted by atomic mass is 9.86. The van der Waals surface area contributed by atoms with Gasteiger partial charge in [0.05, 0.1) is 6.61 Å². The third kappa shape index (κ3) is 3.81. The minimum Gasteiger partial charge on any atom is -0.456 e. The van der Waals surface area contributed by atoms with Crippen molar-refractivity contribution in [2.24, 2.45) is 0 Å². The number of ether oxygens (including phenoxy) is 1. The second-order valence-corrected chi connectivity index (χ2v) is 5.02. The molecular formula is C15H19NO2. The molecule has 2 N–H and O–H groups in total. The maximum Gasteiger partial charge on any atom is 0.384 e. The van der Waals surface area contributed by atoms with Crippen molar-refractivity contribution in [1.82, 2.24) is 0 Å². The summed E-state index contributed by atoms with van der Waals surface area (Å²) in [6.07, 6.45) is 0. The molecule has 3 heteroatoms. The highest BCUT2D eigenvalue weighted by molar-refractivity contribution is 5.89. The van der Waals surface area contributed by atoms with Gasteiger partial charge in [-0.3, -0.25) is 0 Å². The summed E-state index contributed by atoms with van der Waals surface area (Å²) in [5.41, 5.74) is 8.22. The molecular weight excluding hydrogens is 226 g/mol. The van der Waals surface area contributed by atoms with E-state index in [2.05, 4.69) is 32.6 Å². The van der Waals surface area contributed by atoms with Crippen molar-refractivity contribution < 1.29 is 9.53 Å². The van der Waals surface area contributed by atoms with Crippen LogP contribution in [-0.4, -0.2) is 12.6 Å². The van der Waals surface area contributed by atoms with Gasteiger partial charge in [-0.2, -0.15) is 0 Å². The third-order valence-corrected chi connectivity index (χ3v) is 2.49. The van der Waals surface area contributed by atoms with Crippen LogP contribution in [0.3, 0.4) is 0 Å². The van der Waals surface area contributed by atoms with E-state index in [1.165, 1.54) is 0 Å². The highest BCUT2D eigenvalue weighted by atomic mass is 16.5. The van der Waals surface area contributed by atoms with E-state index in [9.17, 15) is 4.79 Å². The molecule has 1 aromatic carbocycles. The Hall–Kier alpha value is -1.95. The number of benzene rings is 1. The van der Waals surface area contributed by atoms with E-state index < -0.39 is 5.97 Å². The van der Waals surface area contributed by atoms with Gasteiger partial charge in [-0.15, -0.1) is 0 Å². The molecule has 1 aromatic rings. The molecule has 0 atom stereocenters. The highest BCUT2D eigenvalue weighted by Gasteiger charge is 2.14. The molecule has 3 nitrogen and oxygen atoms in total. The van der Waals surface area contributed by atoms with Gasteiger partial charge in [0, 0.05) is 17.2 Å². The summed E-state index contributed by atoms with van der Waals surface area (Å²) in [4.78, 5) is 11.2. The zero-order valence-electron chi connectivity index (χ0n) is 11.3. The fraction of sp³-hybridized carbons (Fsp3) is 0.400. The van der Waals surface area contributed by atoms with Crippen molar-refractivity contribution in [3.8, 4) is 11.8 Å².